The quantitative estimate of drug-likeness (QED) is 0.769. The van der Waals surface area contributed by atoms with Crippen molar-refractivity contribution in [1.82, 2.24) is 15.5 Å². The number of hydrogen-bond donors (Lipinski definition) is 3. The summed E-state index contributed by atoms with van der Waals surface area (Å²) in [5.41, 5.74) is -1.12. The molecule has 1 aliphatic rings. The van der Waals surface area contributed by atoms with Crippen molar-refractivity contribution in [2.75, 3.05) is 5.32 Å². The van der Waals surface area contributed by atoms with Crippen LogP contribution < -0.4 is 10.6 Å². The number of anilines is 1. The molecule has 1 saturated carbocycles. The first-order valence-electron chi connectivity index (χ1n) is 6.56. The van der Waals surface area contributed by atoms with E-state index in [1.165, 1.54) is 11.3 Å². The minimum Gasteiger partial charge on any atom is -0.480 e. The van der Waals surface area contributed by atoms with Crippen LogP contribution in [0.15, 0.2) is 0 Å². The average molecular weight is 298 g/mol. The first-order valence-corrected chi connectivity index (χ1v) is 7.38. The lowest BCUT2D eigenvalue weighted by atomic mass is 9.77. The lowest BCUT2D eigenvalue weighted by Crippen LogP contribution is -2.60. The first-order chi connectivity index (χ1) is 9.41. The Morgan fingerprint density at radius 1 is 1.40 bits per heavy atom. The highest BCUT2D eigenvalue weighted by molar-refractivity contribution is 7.15. The molecular formula is C12H18N4O3S. The van der Waals surface area contributed by atoms with E-state index in [0.717, 1.165) is 17.8 Å². The second kappa shape index (κ2) is 5.74. The van der Waals surface area contributed by atoms with Gasteiger partial charge in [-0.3, -0.25) is 5.32 Å². The van der Waals surface area contributed by atoms with Crippen molar-refractivity contribution in [1.29, 1.82) is 0 Å². The Balaban J connectivity index is 1.91. The molecular weight excluding hydrogens is 280 g/mol. The highest BCUT2D eigenvalue weighted by atomic mass is 32.1. The second-order valence-corrected chi connectivity index (χ2v) is 6.48. The van der Waals surface area contributed by atoms with E-state index in [0.29, 0.717) is 23.9 Å². The van der Waals surface area contributed by atoms with Gasteiger partial charge in [-0.05, 0) is 25.2 Å². The number of carbonyl (C=O) groups is 2. The Kier molecular flexibility index (Phi) is 4.22. The van der Waals surface area contributed by atoms with Crippen LogP contribution in [0, 0.1) is 5.92 Å². The fourth-order valence-electron chi connectivity index (χ4n) is 2.00. The Morgan fingerprint density at radius 2 is 2.10 bits per heavy atom. The molecule has 0 aliphatic heterocycles. The minimum atomic E-state index is -1.12. The van der Waals surface area contributed by atoms with E-state index in [9.17, 15) is 9.59 Å². The third-order valence-electron chi connectivity index (χ3n) is 3.24. The molecule has 0 radical (unpaired) electrons. The van der Waals surface area contributed by atoms with Gasteiger partial charge in [0.05, 0.1) is 0 Å². The molecule has 7 nitrogen and oxygen atoms in total. The maximum atomic E-state index is 11.8. The molecule has 1 aromatic rings. The molecule has 2 amide bonds. The van der Waals surface area contributed by atoms with Gasteiger partial charge in [0.1, 0.15) is 10.5 Å². The standard InChI is InChI=1S/C12H18N4O3S/c1-7(2)6-8-15-16-11(20-8)13-10(19)14-12(9(17)18)4-3-5-12/h7H,3-6H2,1-2H3,(H,17,18)(H2,13,14,16,19). The van der Waals surface area contributed by atoms with Crippen molar-refractivity contribution in [2.24, 2.45) is 5.92 Å². The number of carboxylic acid groups (broad SMARTS) is 1. The molecule has 20 heavy (non-hydrogen) atoms. The molecule has 1 heterocycles. The van der Waals surface area contributed by atoms with Gasteiger partial charge in [0, 0.05) is 6.42 Å². The van der Waals surface area contributed by atoms with Gasteiger partial charge in [-0.1, -0.05) is 25.2 Å². The van der Waals surface area contributed by atoms with Crippen molar-refractivity contribution in [3.8, 4) is 0 Å². The third kappa shape index (κ3) is 3.24. The van der Waals surface area contributed by atoms with Crippen LogP contribution in [-0.2, 0) is 11.2 Å². The number of amides is 2. The van der Waals surface area contributed by atoms with Gasteiger partial charge in [-0.25, -0.2) is 9.59 Å². The predicted octanol–water partition coefficient (Wildman–Crippen LogP) is 1.87. The SMILES string of the molecule is CC(C)Cc1nnc(NC(=O)NC2(C(=O)O)CCC2)s1. The zero-order valence-electron chi connectivity index (χ0n) is 11.5. The Morgan fingerprint density at radius 3 is 2.60 bits per heavy atom. The van der Waals surface area contributed by atoms with Gasteiger partial charge in [-0.15, -0.1) is 10.2 Å². The van der Waals surface area contributed by atoms with Crippen LogP contribution in [0.3, 0.4) is 0 Å². The molecule has 0 atom stereocenters. The van der Waals surface area contributed by atoms with Gasteiger partial charge in [-0.2, -0.15) is 0 Å². The molecule has 1 fully saturated rings. The number of carboxylic acids is 1. The number of urea groups is 1. The molecule has 110 valence electrons. The molecule has 3 N–H and O–H groups in total. The molecule has 0 saturated heterocycles. The van der Waals surface area contributed by atoms with Gasteiger partial charge in [0.2, 0.25) is 5.13 Å². The van der Waals surface area contributed by atoms with E-state index in [1.807, 2.05) is 0 Å². The van der Waals surface area contributed by atoms with Crippen LogP contribution in [0.1, 0.15) is 38.1 Å². The van der Waals surface area contributed by atoms with Gasteiger partial charge in [0.15, 0.2) is 0 Å². The van der Waals surface area contributed by atoms with Crippen molar-refractivity contribution >= 4 is 28.5 Å². The summed E-state index contributed by atoms with van der Waals surface area (Å²) in [5.74, 6) is -0.522. The van der Waals surface area contributed by atoms with Gasteiger partial charge in [0.25, 0.3) is 0 Å². The van der Waals surface area contributed by atoms with E-state index >= 15 is 0 Å². The topological polar surface area (TPSA) is 104 Å². The molecule has 1 aliphatic carbocycles. The summed E-state index contributed by atoms with van der Waals surface area (Å²) in [6.45, 7) is 4.16. The van der Waals surface area contributed by atoms with Crippen LogP contribution in [0.25, 0.3) is 0 Å². The monoisotopic (exact) mass is 298 g/mol. The summed E-state index contributed by atoms with van der Waals surface area (Å²) in [6, 6.07) is -0.542. The van der Waals surface area contributed by atoms with Crippen molar-refractivity contribution in [3.63, 3.8) is 0 Å². The molecule has 8 heteroatoms. The van der Waals surface area contributed by atoms with E-state index in [4.69, 9.17) is 5.11 Å². The maximum Gasteiger partial charge on any atom is 0.329 e. The van der Waals surface area contributed by atoms with E-state index in [-0.39, 0.29) is 0 Å². The van der Waals surface area contributed by atoms with Gasteiger partial charge >= 0.3 is 12.0 Å². The van der Waals surface area contributed by atoms with Crippen LogP contribution in [0.5, 0.6) is 0 Å². The number of hydrogen-bond acceptors (Lipinski definition) is 5. The largest absolute Gasteiger partial charge is 0.480 e. The summed E-state index contributed by atoms with van der Waals surface area (Å²) < 4.78 is 0. The smallest absolute Gasteiger partial charge is 0.329 e. The fourth-order valence-corrected chi connectivity index (χ4v) is 2.95. The predicted molar refractivity (Wildman–Crippen MR) is 74.8 cm³/mol. The van der Waals surface area contributed by atoms with Crippen LogP contribution in [0.4, 0.5) is 9.93 Å². The summed E-state index contributed by atoms with van der Waals surface area (Å²) in [5, 5.41) is 23.3. The van der Waals surface area contributed by atoms with Crippen LogP contribution in [-0.4, -0.2) is 32.8 Å². The number of nitrogens with one attached hydrogen (secondary N) is 2. The van der Waals surface area contributed by atoms with E-state index < -0.39 is 17.5 Å². The fraction of sp³-hybridized carbons (Fsp3) is 0.667. The summed E-state index contributed by atoms with van der Waals surface area (Å²) in [6.07, 6.45) is 2.54. The molecule has 0 bridgehead atoms. The normalized spacial score (nSPS) is 16.6. The second-order valence-electron chi connectivity index (χ2n) is 5.42. The lowest BCUT2D eigenvalue weighted by Gasteiger charge is -2.37. The molecule has 2 rings (SSSR count). The number of aromatic nitrogens is 2. The Bertz CT molecular complexity index is 511. The molecule has 0 aromatic carbocycles. The molecule has 1 aromatic heterocycles. The van der Waals surface area contributed by atoms with Crippen molar-refractivity contribution < 1.29 is 14.7 Å². The minimum absolute atomic E-state index is 0.387. The maximum absolute atomic E-state index is 11.8. The van der Waals surface area contributed by atoms with Crippen molar-refractivity contribution in [2.45, 2.75) is 45.1 Å². The number of nitrogens with zero attached hydrogens (tertiary/aromatic N) is 2. The molecule has 0 unspecified atom stereocenters. The number of rotatable bonds is 5. The lowest BCUT2D eigenvalue weighted by molar-refractivity contribution is -0.148. The van der Waals surface area contributed by atoms with Crippen molar-refractivity contribution in [3.05, 3.63) is 5.01 Å². The van der Waals surface area contributed by atoms with Crippen LogP contribution in [0.2, 0.25) is 0 Å². The average Bonchev–Trinajstić information content (AvgIpc) is 2.69. The van der Waals surface area contributed by atoms with Crippen LogP contribution >= 0.6 is 11.3 Å². The summed E-state index contributed by atoms with van der Waals surface area (Å²) in [4.78, 5) is 23.0. The molecule has 0 spiro atoms. The summed E-state index contributed by atoms with van der Waals surface area (Å²) in [7, 11) is 0. The Labute approximate surface area is 120 Å². The Hall–Kier alpha value is -1.70. The first kappa shape index (κ1) is 14.7. The zero-order valence-corrected chi connectivity index (χ0v) is 12.3. The highest BCUT2D eigenvalue weighted by Crippen LogP contribution is 2.32. The van der Waals surface area contributed by atoms with Gasteiger partial charge < -0.3 is 10.4 Å². The highest BCUT2D eigenvalue weighted by Gasteiger charge is 2.45. The van der Waals surface area contributed by atoms with E-state index in [2.05, 4.69) is 34.7 Å². The third-order valence-corrected chi connectivity index (χ3v) is 4.10. The zero-order chi connectivity index (χ0) is 14.8. The number of aliphatic carboxylic acids is 1. The summed E-state index contributed by atoms with van der Waals surface area (Å²) >= 11 is 1.31. The number of carbonyl (C=O) groups excluding carboxylic acids is 1. The van der Waals surface area contributed by atoms with E-state index in [1.54, 1.807) is 0 Å².